The topological polar surface area (TPSA) is 101 Å². The van der Waals surface area contributed by atoms with Crippen LogP contribution in [-0.4, -0.2) is 52.2 Å². The highest BCUT2D eigenvalue weighted by Crippen LogP contribution is 2.41. The van der Waals surface area contributed by atoms with E-state index in [4.69, 9.17) is 16.3 Å². The average molecular weight is 498 g/mol. The Balaban J connectivity index is 1.51. The Morgan fingerprint density at radius 2 is 2.00 bits per heavy atom. The number of ether oxygens (including phenoxy) is 1. The minimum absolute atomic E-state index is 0.000456. The van der Waals surface area contributed by atoms with Crippen molar-refractivity contribution in [2.24, 2.45) is 0 Å². The number of benzene rings is 2. The smallest absolute Gasteiger partial charge is 0.252 e. The lowest BCUT2D eigenvalue weighted by atomic mass is 9.74. The number of carbonyl (C=O) groups excluding carboxylic acids is 2. The van der Waals surface area contributed by atoms with E-state index in [1.807, 2.05) is 24.3 Å². The molecule has 9 heteroatoms. The number of hydrogen-bond donors (Lipinski definition) is 3. The van der Waals surface area contributed by atoms with Crippen molar-refractivity contribution in [3.8, 4) is 5.75 Å². The van der Waals surface area contributed by atoms with Gasteiger partial charge >= 0.3 is 0 Å². The van der Waals surface area contributed by atoms with E-state index >= 15 is 0 Å². The van der Waals surface area contributed by atoms with Crippen LogP contribution in [0.15, 0.2) is 54.9 Å². The second-order valence-corrected chi connectivity index (χ2v) is 10.2. The van der Waals surface area contributed by atoms with Crippen LogP contribution in [0.3, 0.4) is 0 Å². The molecular formula is C25H24ClN3O4S. The summed E-state index contributed by atoms with van der Waals surface area (Å²) < 4.78 is 5.81. The first kappa shape index (κ1) is 23.0. The summed E-state index contributed by atoms with van der Waals surface area (Å²) in [4.78, 5) is 31.1. The van der Waals surface area contributed by atoms with Crippen LogP contribution in [0.1, 0.15) is 18.4 Å². The second-order valence-electron chi connectivity index (χ2n) is 8.70. The third-order valence-electron chi connectivity index (χ3n) is 6.57. The maximum Gasteiger partial charge on any atom is 0.252 e. The number of hydrogen-bond acceptors (Lipinski definition) is 6. The highest BCUT2D eigenvalue weighted by atomic mass is 35.5. The summed E-state index contributed by atoms with van der Waals surface area (Å²) in [5.41, 5.74) is -1.39. The summed E-state index contributed by atoms with van der Waals surface area (Å²) in [5.74, 6) is 0.838. The third-order valence-corrected chi connectivity index (χ3v) is 7.98. The summed E-state index contributed by atoms with van der Waals surface area (Å²) in [6.07, 6.45) is 4.07. The van der Waals surface area contributed by atoms with E-state index in [0.29, 0.717) is 47.2 Å². The van der Waals surface area contributed by atoms with Crippen molar-refractivity contribution in [1.82, 2.24) is 10.3 Å². The van der Waals surface area contributed by atoms with Crippen molar-refractivity contribution in [3.05, 3.63) is 65.4 Å². The van der Waals surface area contributed by atoms with Crippen molar-refractivity contribution in [2.45, 2.75) is 23.9 Å². The highest BCUT2D eigenvalue weighted by molar-refractivity contribution is 7.99. The lowest BCUT2D eigenvalue weighted by Crippen LogP contribution is -2.55. The van der Waals surface area contributed by atoms with Crippen LogP contribution in [0.25, 0.3) is 10.8 Å². The molecule has 3 N–H and O–H groups in total. The lowest BCUT2D eigenvalue weighted by Gasteiger charge is -2.38. The van der Waals surface area contributed by atoms with Gasteiger partial charge in [0.25, 0.3) is 5.91 Å². The number of fused-ring (bicyclic) bond motifs is 2. The molecule has 7 nitrogen and oxygen atoms in total. The SMILES string of the molecule is O=C(NC[C@@]1(C(=O)Nc2cncc3ccccc23)CCOc2ccc(Cl)cc21)[C@]1(O)CCSC1. The van der Waals surface area contributed by atoms with Crippen LogP contribution in [0, 0.1) is 0 Å². The molecule has 5 rings (SSSR count). The van der Waals surface area contributed by atoms with Gasteiger partial charge in [0.2, 0.25) is 5.91 Å². The second kappa shape index (κ2) is 9.09. The number of thioether (sulfide) groups is 1. The lowest BCUT2D eigenvalue weighted by molar-refractivity contribution is -0.138. The number of halogens is 1. The quantitative estimate of drug-likeness (QED) is 0.498. The molecule has 0 aliphatic carbocycles. The third kappa shape index (κ3) is 4.10. The van der Waals surface area contributed by atoms with Gasteiger partial charge in [-0.3, -0.25) is 14.6 Å². The molecule has 2 aliphatic rings. The Labute approximate surface area is 206 Å². The number of carbonyl (C=O) groups is 2. The number of amides is 2. The standard InChI is InChI=1S/C25H24ClN3O4S/c26-17-5-6-21-19(11-17)24(7-9-33-21,14-28-23(31)25(32)8-10-34-15-25)22(30)29-20-13-27-12-16-3-1-2-4-18(16)20/h1-6,11-13,32H,7-10,14-15H2,(H,28,31)(H,29,30)/t24-,25-/m0/s1. The van der Waals surface area contributed by atoms with E-state index in [1.54, 1.807) is 30.6 Å². The van der Waals surface area contributed by atoms with Gasteiger partial charge in [0.05, 0.1) is 23.9 Å². The molecule has 2 atom stereocenters. The Morgan fingerprint density at radius 3 is 2.82 bits per heavy atom. The molecule has 3 aromatic rings. The molecule has 0 saturated carbocycles. The van der Waals surface area contributed by atoms with Gasteiger partial charge in [-0.05, 0) is 30.4 Å². The van der Waals surface area contributed by atoms with Crippen LogP contribution in [0.5, 0.6) is 5.75 Å². The molecule has 3 heterocycles. The minimum Gasteiger partial charge on any atom is -0.493 e. The minimum atomic E-state index is -1.43. The van der Waals surface area contributed by atoms with E-state index in [1.165, 1.54) is 11.8 Å². The zero-order chi connectivity index (χ0) is 23.8. The molecular weight excluding hydrogens is 474 g/mol. The fraction of sp³-hybridized carbons (Fsp3) is 0.320. The normalized spacial score (nSPS) is 23.7. The fourth-order valence-corrected chi connectivity index (χ4v) is 5.97. The number of nitrogens with zero attached hydrogens (tertiary/aromatic N) is 1. The van der Waals surface area contributed by atoms with Gasteiger partial charge in [0.1, 0.15) is 5.75 Å². The number of aromatic nitrogens is 1. The first-order chi connectivity index (χ1) is 16.4. The Bertz CT molecular complexity index is 1260. The summed E-state index contributed by atoms with van der Waals surface area (Å²) in [6, 6.07) is 12.8. The van der Waals surface area contributed by atoms with E-state index < -0.39 is 16.9 Å². The molecule has 1 fully saturated rings. The maximum atomic E-state index is 14.0. The Kier molecular flexibility index (Phi) is 6.14. The Morgan fingerprint density at radius 1 is 1.15 bits per heavy atom. The zero-order valence-electron chi connectivity index (χ0n) is 18.3. The van der Waals surface area contributed by atoms with E-state index in [9.17, 15) is 14.7 Å². The summed E-state index contributed by atoms with van der Waals surface area (Å²) in [5, 5.41) is 18.8. The van der Waals surface area contributed by atoms with Gasteiger partial charge in [0, 0.05) is 46.3 Å². The summed E-state index contributed by atoms with van der Waals surface area (Å²) in [6.45, 7) is 0.297. The molecule has 0 radical (unpaired) electrons. The van der Waals surface area contributed by atoms with E-state index in [-0.39, 0.29) is 12.5 Å². The van der Waals surface area contributed by atoms with Crippen molar-refractivity contribution >= 4 is 51.6 Å². The van der Waals surface area contributed by atoms with Gasteiger partial charge in [-0.15, -0.1) is 0 Å². The first-order valence-electron chi connectivity index (χ1n) is 11.1. The number of aliphatic hydroxyl groups is 1. The molecule has 0 unspecified atom stereocenters. The van der Waals surface area contributed by atoms with Crippen molar-refractivity contribution < 1.29 is 19.4 Å². The number of anilines is 1. The molecule has 1 saturated heterocycles. The van der Waals surface area contributed by atoms with Crippen molar-refractivity contribution in [3.63, 3.8) is 0 Å². The van der Waals surface area contributed by atoms with E-state index in [0.717, 1.165) is 16.5 Å². The van der Waals surface area contributed by atoms with Gasteiger partial charge in [-0.2, -0.15) is 11.8 Å². The van der Waals surface area contributed by atoms with Gasteiger partial charge in [-0.25, -0.2) is 0 Å². The predicted octanol–water partition coefficient (Wildman–Crippen LogP) is 3.53. The molecule has 1 aromatic heterocycles. The predicted molar refractivity (Wildman–Crippen MR) is 134 cm³/mol. The number of rotatable bonds is 5. The zero-order valence-corrected chi connectivity index (χ0v) is 19.9. The largest absolute Gasteiger partial charge is 0.493 e. The highest BCUT2D eigenvalue weighted by Gasteiger charge is 2.47. The molecule has 0 spiro atoms. The molecule has 0 bridgehead atoms. The number of nitrogens with one attached hydrogen (secondary N) is 2. The van der Waals surface area contributed by atoms with Crippen LogP contribution >= 0.6 is 23.4 Å². The van der Waals surface area contributed by atoms with Crippen molar-refractivity contribution in [2.75, 3.05) is 30.0 Å². The van der Waals surface area contributed by atoms with Gasteiger partial charge in [0.15, 0.2) is 5.60 Å². The Hall–Kier alpha value is -2.81. The molecule has 2 aromatic carbocycles. The van der Waals surface area contributed by atoms with E-state index in [2.05, 4.69) is 15.6 Å². The van der Waals surface area contributed by atoms with Crippen LogP contribution in [0.4, 0.5) is 5.69 Å². The van der Waals surface area contributed by atoms with Crippen molar-refractivity contribution in [1.29, 1.82) is 0 Å². The van der Waals surface area contributed by atoms with Crippen LogP contribution < -0.4 is 15.4 Å². The first-order valence-corrected chi connectivity index (χ1v) is 12.6. The van der Waals surface area contributed by atoms with Crippen LogP contribution in [-0.2, 0) is 15.0 Å². The van der Waals surface area contributed by atoms with Gasteiger partial charge in [-0.1, -0.05) is 35.9 Å². The summed E-state index contributed by atoms with van der Waals surface area (Å²) in [7, 11) is 0. The summed E-state index contributed by atoms with van der Waals surface area (Å²) >= 11 is 7.84. The van der Waals surface area contributed by atoms with Crippen LogP contribution in [0.2, 0.25) is 5.02 Å². The molecule has 2 amide bonds. The molecule has 34 heavy (non-hydrogen) atoms. The monoisotopic (exact) mass is 497 g/mol. The van der Waals surface area contributed by atoms with Gasteiger partial charge < -0.3 is 20.5 Å². The fourth-order valence-electron chi connectivity index (χ4n) is 4.56. The average Bonchev–Trinajstić information content (AvgIpc) is 3.30. The molecule has 2 aliphatic heterocycles. The molecule has 176 valence electrons. The number of pyridine rings is 1. The maximum absolute atomic E-state index is 14.0.